The van der Waals surface area contributed by atoms with E-state index in [0.717, 1.165) is 62.6 Å². The summed E-state index contributed by atoms with van der Waals surface area (Å²) in [5.74, 6) is -0.123. The molecule has 1 aliphatic carbocycles. The molecule has 2 aromatic rings. The predicted octanol–water partition coefficient (Wildman–Crippen LogP) is 7.09. The van der Waals surface area contributed by atoms with E-state index < -0.39 is 6.10 Å². The van der Waals surface area contributed by atoms with Crippen molar-refractivity contribution in [3.8, 4) is 0 Å². The van der Waals surface area contributed by atoms with Crippen LogP contribution >= 0.6 is 0 Å². The molecule has 0 radical (unpaired) electrons. The number of unbranched alkanes of at least 4 members (excludes halogenated alkanes) is 6. The first-order valence-electron chi connectivity index (χ1n) is 17.0. The second kappa shape index (κ2) is 21.4. The van der Waals surface area contributed by atoms with Gasteiger partial charge < -0.3 is 24.1 Å². The Morgan fingerprint density at radius 1 is 0.818 bits per heavy atom. The number of aliphatic hydroxyl groups is 1. The third-order valence-electron chi connectivity index (χ3n) is 8.49. The van der Waals surface area contributed by atoms with Crippen molar-refractivity contribution in [2.45, 2.75) is 128 Å². The molecule has 0 aliphatic heterocycles. The van der Waals surface area contributed by atoms with Gasteiger partial charge in [-0.05, 0) is 50.9 Å². The summed E-state index contributed by atoms with van der Waals surface area (Å²) >= 11 is 0. The third kappa shape index (κ3) is 13.4. The van der Waals surface area contributed by atoms with Crippen LogP contribution in [0.25, 0.3) is 0 Å². The summed E-state index contributed by atoms with van der Waals surface area (Å²) in [6.45, 7) is 6.65. The van der Waals surface area contributed by atoms with E-state index in [0.29, 0.717) is 32.8 Å². The van der Waals surface area contributed by atoms with Crippen LogP contribution in [0.2, 0.25) is 0 Å². The number of likely N-dealkylation sites (N-methyl/N-ethyl adjacent to an activating group) is 1. The van der Waals surface area contributed by atoms with Crippen molar-refractivity contribution in [3.63, 3.8) is 0 Å². The molecular formula is C37H57NO6. The minimum Gasteiger partial charge on any atom is -0.466 e. The number of carbonyl (C=O) groups is 1. The average molecular weight is 612 g/mol. The smallest absolute Gasteiger partial charge is 0.305 e. The second-order valence-electron chi connectivity index (χ2n) is 12.1. The Labute approximate surface area is 266 Å². The third-order valence-corrected chi connectivity index (χ3v) is 8.49. The first-order chi connectivity index (χ1) is 21.5. The molecule has 2 aromatic carbocycles. The number of benzene rings is 2. The molecule has 7 heteroatoms. The van der Waals surface area contributed by atoms with Crippen LogP contribution in [0, 0.1) is 0 Å². The van der Waals surface area contributed by atoms with E-state index >= 15 is 0 Å². The van der Waals surface area contributed by atoms with Gasteiger partial charge in [0.05, 0.1) is 50.8 Å². The lowest BCUT2D eigenvalue weighted by Crippen LogP contribution is -2.49. The molecular weight excluding hydrogens is 554 g/mol. The Kier molecular flexibility index (Phi) is 17.6. The monoisotopic (exact) mass is 611 g/mol. The van der Waals surface area contributed by atoms with Crippen LogP contribution in [0.1, 0.15) is 95.6 Å². The average Bonchev–Trinajstić information content (AvgIpc) is 3.39. The fourth-order valence-corrected chi connectivity index (χ4v) is 6.04. The van der Waals surface area contributed by atoms with Crippen LogP contribution in [0.3, 0.4) is 0 Å². The van der Waals surface area contributed by atoms with E-state index in [9.17, 15) is 9.90 Å². The second-order valence-corrected chi connectivity index (χ2v) is 12.1. The van der Waals surface area contributed by atoms with Crippen molar-refractivity contribution in [2.75, 3.05) is 26.8 Å². The number of aliphatic hydroxyl groups excluding tert-OH is 1. The Hall–Kier alpha value is -2.29. The summed E-state index contributed by atoms with van der Waals surface area (Å²) in [7, 11) is 2.13. The Balaban J connectivity index is 1.68. The molecule has 1 N–H and O–H groups in total. The number of nitrogens with zero attached hydrogens (tertiary/aromatic N) is 1. The maximum absolute atomic E-state index is 11.8. The van der Waals surface area contributed by atoms with E-state index in [-0.39, 0.29) is 30.3 Å². The van der Waals surface area contributed by atoms with E-state index in [4.69, 9.17) is 18.9 Å². The van der Waals surface area contributed by atoms with Gasteiger partial charge in [0.1, 0.15) is 6.10 Å². The van der Waals surface area contributed by atoms with Gasteiger partial charge in [-0.1, -0.05) is 106 Å². The number of hydrogen-bond acceptors (Lipinski definition) is 7. The molecule has 0 bridgehead atoms. The zero-order valence-corrected chi connectivity index (χ0v) is 27.4. The van der Waals surface area contributed by atoms with Gasteiger partial charge in [-0.2, -0.15) is 0 Å². The van der Waals surface area contributed by atoms with Crippen LogP contribution in [-0.2, 0) is 37.0 Å². The molecule has 1 fully saturated rings. The zero-order valence-electron chi connectivity index (χ0n) is 27.4. The van der Waals surface area contributed by atoms with Crippen molar-refractivity contribution < 1.29 is 28.8 Å². The normalized spacial score (nSPS) is 20.7. The molecule has 0 spiro atoms. The lowest BCUT2D eigenvalue weighted by molar-refractivity contribution is -0.143. The molecule has 1 aliphatic rings. The van der Waals surface area contributed by atoms with Gasteiger partial charge in [-0.25, -0.2) is 0 Å². The van der Waals surface area contributed by atoms with Gasteiger partial charge >= 0.3 is 5.97 Å². The summed E-state index contributed by atoms with van der Waals surface area (Å²) in [4.78, 5) is 14.1. The lowest BCUT2D eigenvalue weighted by atomic mass is 10.1. The highest BCUT2D eigenvalue weighted by Crippen LogP contribution is 2.33. The number of ether oxygens (including phenoxy) is 4. The summed E-state index contributed by atoms with van der Waals surface area (Å²) < 4.78 is 24.8. The minimum atomic E-state index is -0.496. The quantitative estimate of drug-likeness (QED) is 0.106. The van der Waals surface area contributed by atoms with Gasteiger partial charge in [0.2, 0.25) is 0 Å². The fourth-order valence-electron chi connectivity index (χ4n) is 6.04. The van der Waals surface area contributed by atoms with Crippen LogP contribution in [0.4, 0.5) is 0 Å². The number of esters is 1. The molecule has 0 amide bonds. The van der Waals surface area contributed by atoms with Gasteiger partial charge in [-0.15, -0.1) is 0 Å². The topological polar surface area (TPSA) is 77.5 Å². The Morgan fingerprint density at radius 3 is 2.07 bits per heavy atom. The van der Waals surface area contributed by atoms with Gasteiger partial charge in [-0.3, -0.25) is 9.69 Å². The highest BCUT2D eigenvalue weighted by atomic mass is 16.6. The van der Waals surface area contributed by atoms with E-state index in [2.05, 4.69) is 43.1 Å². The Morgan fingerprint density at radius 2 is 1.43 bits per heavy atom. The largest absolute Gasteiger partial charge is 0.466 e. The van der Waals surface area contributed by atoms with Crippen LogP contribution in [0.5, 0.6) is 0 Å². The van der Waals surface area contributed by atoms with E-state index in [1.807, 2.05) is 43.3 Å². The molecule has 0 heterocycles. The minimum absolute atomic E-state index is 0.0266. The molecule has 0 saturated heterocycles. The molecule has 1 saturated carbocycles. The summed E-state index contributed by atoms with van der Waals surface area (Å²) in [5, 5.41) is 10.8. The number of carbonyl (C=O) groups excluding carboxylic acids is 1. The van der Waals surface area contributed by atoms with Crippen molar-refractivity contribution in [1.82, 2.24) is 4.90 Å². The number of hydrogen-bond donors (Lipinski definition) is 1. The molecule has 7 nitrogen and oxygen atoms in total. The van der Waals surface area contributed by atoms with Crippen molar-refractivity contribution in [3.05, 3.63) is 71.8 Å². The molecule has 246 valence electrons. The van der Waals surface area contributed by atoms with E-state index in [1.54, 1.807) is 0 Å². The summed E-state index contributed by atoms with van der Waals surface area (Å²) in [6, 6.07) is 20.5. The van der Waals surface area contributed by atoms with Crippen LogP contribution in [0.15, 0.2) is 60.7 Å². The molecule has 3 rings (SSSR count). The summed E-state index contributed by atoms with van der Waals surface area (Å²) in [5.41, 5.74) is 2.26. The van der Waals surface area contributed by atoms with E-state index in [1.165, 1.54) is 19.3 Å². The fraction of sp³-hybridized carbons (Fsp3) is 0.649. The van der Waals surface area contributed by atoms with Crippen molar-refractivity contribution in [2.24, 2.45) is 0 Å². The highest BCUT2D eigenvalue weighted by Gasteiger charge is 2.47. The molecule has 5 unspecified atom stereocenters. The maximum atomic E-state index is 11.8. The van der Waals surface area contributed by atoms with Gasteiger partial charge in [0, 0.05) is 12.8 Å². The highest BCUT2D eigenvalue weighted by molar-refractivity contribution is 5.69. The molecule has 5 atom stereocenters. The van der Waals surface area contributed by atoms with Crippen molar-refractivity contribution in [1.29, 1.82) is 0 Å². The van der Waals surface area contributed by atoms with Crippen LogP contribution in [-0.4, -0.2) is 73.2 Å². The standard InChI is InChI=1S/C37H57NO6/c1-4-6-7-8-16-23-32(39)29-44-37-34(43-28-31-21-14-10-15-22-31)26-33(42-27-30-19-12-9-13-20-30)36(37)38(3)25-18-11-17-24-35(40)41-5-2/h9-10,12-15,19-22,32-34,36-37,39H,4-8,11,16-18,23-29H2,1-3H3. The number of rotatable bonds is 23. The van der Waals surface area contributed by atoms with Gasteiger partial charge in [0.15, 0.2) is 0 Å². The van der Waals surface area contributed by atoms with Crippen molar-refractivity contribution >= 4 is 5.97 Å². The summed E-state index contributed by atoms with van der Waals surface area (Å²) in [6.07, 6.45) is 9.51. The zero-order chi connectivity index (χ0) is 31.4. The first-order valence-corrected chi connectivity index (χ1v) is 17.0. The van der Waals surface area contributed by atoms with Crippen LogP contribution < -0.4 is 0 Å². The van der Waals surface area contributed by atoms with Gasteiger partial charge in [0.25, 0.3) is 0 Å². The maximum Gasteiger partial charge on any atom is 0.305 e. The molecule has 0 aromatic heterocycles. The lowest BCUT2D eigenvalue weighted by Gasteiger charge is -2.35. The Bertz CT molecular complexity index is 1010. The predicted molar refractivity (Wildman–Crippen MR) is 175 cm³/mol. The first kappa shape index (κ1) is 36.2. The SMILES string of the molecule is CCCCCCCC(O)COC1C(OCc2ccccc2)CC(OCc2ccccc2)C1N(C)CCCCCC(=O)OCC. The molecule has 44 heavy (non-hydrogen) atoms.